The largest absolute Gasteiger partial charge is 0.379 e. The first-order chi connectivity index (χ1) is 14.6. The number of rotatable bonds is 3. The van der Waals surface area contributed by atoms with Crippen LogP contribution in [-0.2, 0) is 17.6 Å². The SMILES string of the molecule is Cc1c(C(=O)N(C)C2CCOC2)cnn1-c1ncc2c(n1)-c1ccccc1CCC2. The molecule has 0 radical (unpaired) electrons. The number of hydrogen-bond acceptors (Lipinski definition) is 5. The quantitative estimate of drug-likeness (QED) is 0.672. The molecule has 3 heterocycles. The minimum absolute atomic E-state index is 0.0469. The Labute approximate surface area is 175 Å². The third kappa shape index (κ3) is 3.19. The molecule has 5 rings (SSSR count). The number of aryl methyl sites for hydroxylation is 2. The van der Waals surface area contributed by atoms with Gasteiger partial charge in [0, 0.05) is 25.4 Å². The molecule has 154 valence electrons. The Morgan fingerprint density at radius 1 is 1.20 bits per heavy atom. The first kappa shape index (κ1) is 18.9. The van der Waals surface area contributed by atoms with E-state index in [9.17, 15) is 4.79 Å². The van der Waals surface area contributed by atoms with E-state index in [0.717, 1.165) is 48.2 Å². The van der Waals surface area contributed by atoms with E-state index in [1.807, 2.05) is 26.2 Å². The summed E-state index contributed by atoms with van der Waals surface area (Å²) in [4.78, 5) is 24.2. The Morgan fingerprint density at radius 3 is 2.87 bits per heavy atom. The number of carbonyl (C=O) groups excluding carboxylic acids is 1. The summed E-state index contributed by atoms with van der Waals surface area (Å²) in [7, 11) is 1.83. The molecule has 2 aliphatic rings. The lowest BCUT2D eigenvalue weighted by Gasteiger charge is -2.22. The zero-order valence-electron chi connectivity index (χ0n) is 17.3. The van der Waals surface area contributed by atoms with Gasteiger partial charge in [0.1, 0.15) is 0 Å². The smallest absolute Gasteiger partial charge is 0.257 e. The Balaban J connectivity index is 1.51. The summed E-state index contributed by atoms with van der Waals surface area (Å²) >= 11 is 0. The molecule has 7 nitrogen and oxygen atoms in total. The van der Waals surface area contributed by atoms with Gasteiger partial charge < -0.3 is 9.64 Å². The van der Waals surface area contributed by atoms with Crippen LogP contribution < -0.4 is 0 Å². The molecule has 1 fully saturated rings. The maximum atomic E-state index is 13.0. The van der Waals surface area contributed by atoms with Crippen molar-refractivity contribution in [3.05, 3.63) is 59.0 Å². The van der Waals surface area contributed by atoms with Gasteiger partial charge in [0.25, 0.3) is 11.9 Å². The van der Waals surface area contributed by atoms with Crippen LogP contribution in [-0.4, -0.2) is 56.9 Å². The van der Waals surface area contributed by atoms with Crippen LogP contribution in [0.25, 0.3) is 17.2 Å². The molecule has 1 aliphatic carbocycles. The predicted molar refractivity (Wildman–Crippen MR) is 113 cm³/mol. The Kier molecular flexibility index (Phi) is 4.83. The first-order valence-electron chi connectivity index (χ1n) is 10.5. The monoisotopic (exact) mass is 403 g/mol. The molecule has 1 saturated heterocycles. The summed E-state index contributed by atoms with van der Waals surface area (Å²) < 4.78 is 7.09. The second-order valence-corrected chi connectivity index (χ2v) is 8.04. The molecule has 7 heteroatoms. The molecule has 0 bridgehead atoms. The molecule has 30 heavy (non-hydrogen) atoms. The maximum Gasteiger partial charge on any atom is 0.257 e. The van der Waals surface area contributed by atoms with Gasteiger partial charge in [0.15, 0.2) is 0 Å². The molecule has 0 spiro atoms. The van der Waals surface area contributed by atoms with Crippen molar-refractivity contribution in [3.8, 4) is 17.2 Å². The van der Waals surface area contributed by atoms with Gasteiger partial charge in [-0.25, -0.2) is 14.6 Å². The van der Waals surface area contributed by atoms with Crippen molar-refractivity contribution in [1.29, 1.82) is 0 Å². The van der Waals surface area contributed by atoms with Crippen LogP contribution in [0.15, 0.2) is 36.7 Å². The minimum atomic E-state index is -0.0469. The third-order valence-corrected chi connectivity index (χ3v) is 6.22. The molecule has 1 aliphatic heterocycles. The van der Waals surface area contributed by atoms with Crippen molar-refractivity contribution in [2.45, 2.75) is 38.6 Å². The molecular formula is C23H25N5O2. The van der Waals surface area contributed by atoms with E-state index >= 15 is 0 Å². The van der Waals surface area contributed by atoms with E-state index in [-0.39, 0.29) is 11.9 Å². The Bertz CT molecular complexity index is 1100. The van der Waals surface area contributed by atoms with Gasteiger partial charge in [-0.2, -0.15) is 5.10 Å². The summed E-state index contributed by atoms with van der Waals surface area (Å²) in [5.74, 6) is 0.447. The van der Waals surface area contributed by atoms with E-state index in [4.69, 9.17) is 9.72 Å². The average molecular weight is 403 g/mol. The number of amides is 1. The van der Waals surface area contributed by atoms with Crippen LogP contribution in [0.1, 0.15) is 40.0 Å². The van der Waals surface area contributed by atoms with Crippen LogP contribution in [0.3, 0.4) is 0 Å². The molecular weight excluding hydrogens is 378 g/mol. The van der Waals surface area contributed by atoms with Gasteiger partial charge in [-0.3, -0.25) is 4.79 Å². The highest BCUT2D eigenvalue weighted by Crippen LogP contribution is 2.31. The fourth-order valence-electron chi connectivity index (χ4n) is 4.36. The fourth-order valence-corrected chi connectivity index (χ4v) is 4.36. The number of fused-ring (bicyclic) bond motifs is 3. The van der Waals surface area contributed by atoms with Gasteiger partial charge >= 0.3 is 0 Å². The summed E-state index contributed by atoms with van der Waals surface area (Å²) in [5.41, 5.74) is 5.92. The fraction of sp³-hybridized carbons (Fsp3) is 0.391. The highest BCUT2D eigenvalue weighted by Gasteiger charge is 2.28. The van der Waals surface area contributed by atoms with Gasteiger partial charge in [-0.05, 0) is 43.7 Å². The summed E-state index contributed by atoms with van der Waals surface area (Å²) in [6.45, 7) is 3.18. The Morgan fingerprint density at radius 2 is 2.03 bits per heavy atom. The zero-order valence-corrected chi connectivity index (χ0v) is 17.3. The normalized spacial score (nSPS) is 17.9. The van der Waals surface area contributed by atoms with Crippen molar-refractivity contribution in [1.82, 2.24) is 24.6 Å². The second kappa shape index (κ2) is 7.65. The van der Waals surface area contributed by atoms with E-state index in [1.54, 1.807) is 15.8 Å². The van der Waals surface area contributed by atoms with Crippen LogP contribution in [0, 0.1) is 6.92 Å². The number of hydrogen-bond donors (Lipinski definition) is 0. The summed E-state index contributed by atoms with van der Waals surface area (Å²) in [6, 6.07) is 8.53. The number of benzene rings is 1. The highest BCUT2D eigenvalue weighted by atomic mass is 16.5. The molecule has 1 aromatic carbocycles. The van der Waals surface area contributed by atoms with Gasteiger partial charge in [0.05, 0.1) is 35.8 Å². The van der Waals surface area contributed by atoms with Crippen molar-refractivity contribution < 1.29 is 9.53 Å². The topological polar surface area (TPSA) is 73.1 Å². The van der Waals surface area contributed by atoms with Crippen LogP contribution in [0.2, 0.25) is 0 Å². The third-order valence-electron chi connectivity index (χ3n) is 6.22. The van der Waals surface area contributed by atoms with Gasteiger partial charge in [-0.1, -0.05) is 24.3 Å². The Hall–Kier alpha value is -3.06. The first-order valence-corrected chi connectivity index (χ1v) is 10.5. The molecule has 1 amide bonds. The molecule has 0 saturated carbocycles. The van der Waals surface area contributed by atoms with Crippen molar-refractivity contribution >= 4 is 5.91 Å². The lowest BCUT2D eigenvalue weighted by molar-refractivity contribution is 0.0710. The number of carbonyl (C=O) groups is 1. The second-order valence-electron chi connectivity index (χ2n) is 8.04. The van der Waals surface area contributed by atoms with Crippen molar-refractivity contribution in [3.63, 3.8) is 0 Å². The van der Waals surface area contributed by atoms with Gasteiger partial charge in [-0.15, -0.1) is 0 Å². The van der Waals surface area contributed by atoms with Crippen molar-refractivity contribution in [2.24, 2.45) is 0 Å². The van der Waals surface area contributed by atoms with Crippen LogP contribution >= 0.6 is 0 Å². The van der Waals surface area contributed by atoms with Crippen LogP contribution in [0.4, 0.5) is 0 Å². The molecule has 1 unspecified atom stereocenters. The van der Waals surface area contributed by atoms with Crippen molar-refractivity contribution in [2.75, 3.05) is 20.3 Å². The lowest BCUT2D eigenvalue weighted by atomic mass is 10.0. The summed E-state index contributed by atoms with van der Waals surface area (Å²) in [6.07, 6.45) is 7.47. The van der Waals surface area contributed by atoms with E-state index < -0.39 is 0 Å². The predicted octanol–water partition coefficient (Wildman–Crippen LogP) is 2.99. The lowest BCUT2D eigenvalue weighted by Crippen LogP contribution is -2.37. The van der Waals surface area contributed by atoms with E-state index in [1.165, 1.54) is 5.56 Å². The van der Waals surface area contributed by atoms with E-state index in [2.05, 4.69) is 28.3 Å². The number of aromatic nitrogens is 4. The van der Waals surface area contributed by atoms with Crippen LogP contribution in [0.5, 0.6) is 0 Å². The standard InChI is InChI=1S/C23H25N5O2/c1-15-20(22(29)27(2)18-10-11-30-14-18)13-25-28(15)23-24-12-17-8-5-7-16-6-3-4-9-19(16)21(17)26-23/h3-4,6,9,12-13,18H,5,7-8,10-11,14H2,1-2H3. The minimum Gasteiger partial charge on any atom is -0.379 e. The van der Waals surface area contributed by atoms with E-state index in [0.29, 0.717) is 24.7 Å². The average Bonchev–Trinajstić information content (AvgIpc) is 3.39. The number of nitrogens with zero attached hydrogens (tertiary/aromatic N) is 5. The molecule has 0 N–H and O–H groups in total. The molecule has 2 aromatic heterocycles. The van der Waals surface area contributed by atoms with Gasteiger partial charge in [0.2, 0.25) is 0 Å². The highest BCUT2D eigenvalue weighted by molar-refractivity contribution is 5.95. The summed E-state index contributed by atoms with van der Waals surface area (Å²) in [5, 5.41) is 4.46. The zero-order chi connectivity index (χ0) is 20.7. The molecule has 3 aromatic rings. The maximum absolute atomic E-state index is 13.0. The number of ether oxygens (including phenoxy) is 1. The molecule has 1 atom stereocenters. The number of likely N-dealkylation sites (N-methyl/N-ethyl adjacent to an activating group) is 1.